The molecule has 0 radical (unpaired) electrons. The molecule has 156 valence electrons. The molecule has 1 fully saturated rings. The number of anilines is 4. The van der Waals surface area contributed by atoms with E-state index in [9.17, 15) is 0 Å². The minimum absolute atomic E-state index is 0.734. The van der Waals surface area contributed by atoms with E-state index in [2.05, 4.69) is 60.0 Å². The highest BCUT2D eigenvalue weighted by atomic mass is 32.2. The molecule has 3 aromatic rings. The maximum atomic E-state index is 5.42. The zero-order valence-corrected chi connectivity index (χ0v) is 18.3. The van der Waals surface area contributed by atoms with Crippen LogP contribution in [0.5, 0.6) is 0 Å². The van der Waals surface area contributed by atoms with Crippen molar-refractivity contribution in [3.63, 3.8) is 0 Å². The molecule has 0 atom stereocenters. The largest absolute Gasteiger partial charge is 0.379 e. The Morgan fingerprint density at radius 3 is 2.17 bits per heavy atom. The number of hydrogen-bond acceptors (Lipinski definition) is 9. The first-order chi connectivity index (χ1) is 14.8. The Hall–Kier alpha value is -2.30. The summed E-state index contributed by atoms with van der Waals surface area (Å²) in [6.07, 6.45) is 1.56. The fraction of sp³-hybridized carbons (Fsp3) is 0.238. The zero-order chi connectivity index (χ0) is 20.6. The fourth-order valence-corrected chi connectivity index (χ4v) is 4.48. The molecule has 0 spiro atoms. The summed E-state index contributed by atoms with van der Waals surface area (Å²) in [6, 6.07) is 18.4. The Labute approximate surface area is 185 Å². The van der Waals surface area contributed by atoms with Gasteiger partial charge in [0.15, 0.2) is 0 Å². The summed E-state index contributed by atoms with van der Waals surface area (Å²) < 4.78 is 10.8. The van der Waals surface area contributed by atoms with Crippen LogP contribution in [0.4, 0.5) is 23.0 Å². The topological polar surface area (TPSA) is 74.3 Å². The minimum Gasteiger partial charge on any atom is -0.379 e. The van der Waals surface area contributed by atoms with Gasteiger partial charge in [0.2, 0.25) is 0 Å². The molecule has 1 aromatic heterocycles. The van der Waals surface area contributed by atoms with Gasteiger partial charge in [-0.25, -0.2) is 14.3 Å². The van der Waals surface area contributed by atoms with Crippen molar-refractivity contribution in [3.05, 3.63) is 60.9 Å². The Morgan fingerprint density at radius 1 is 0.867 bits per heavy atom. The van der Waals surface area contributed by atoms with E-state index in [-0.39, 0.29) is 0 Å². The predicted octanol–water partition coefficient (Wildman–Crippen LogP) is 4.53. The van der Waals surface area contributed by atoms with Gasteiger partial charge in [0.1, 0.15) is 18.0 Å². The van der Waals surface area contributed by atoms with Crippen molar-refractivity contribution in [1.82, 2.24) is 19.0 Å². The summed E-state index contributed by atoms with van der Waals surface area (Å²) in [5.41, 5.74) is 1.97. The van der Waals surface area contributed by atoms with Gasteiger partial charge in [-0.3, -0.25) is 4.72 Å². The van der Waals surface area contributed by atoms with Crippen LogP contribution in [0.25, 0.3) is 0 Å². The molecule has 0 aliphatic carbocycles. The molecule has 9 heteroatoms. The molecule has 4 rings (SSSR count). The molecule has 0 amide bonds. The summed E-state index contributed by atoms with van der Waals surface area (Å²) in [6.45, 7) is 3.46. The van der Waals surface area contributed by atoms with Crippen LogP contribution < -0.4 is 15.4 Å². The van der Waals surface area contributed by atoms with E-state index >= 15 is 0 Å². The molecule has 0 saturated carbocycles. The molecule has 0 unspecified atom stereocenters. The third kappa shape index (κ3) is 6.10. The molecule has 1 aliphatic heterocycles. The van der Waals surface area contributed by atoms with E-state index in [0.717, 1.165) is 54.2 Å². The first-order valence-corrected chi connectivity index (χ1v) is 11.3. The Morgan fingerprint density at radius 2 is 1.50 bits per heavy atom. The average Bonchev–Trinajstić information content (AvgIpc) is 2.76. The second-order valence-electron chi connectivity index (χ2n) is 6.53. The van der Waals surface area contributed by atoms with Gasteiger partial charge < -0.3 is 15.4 Å². The third-order valence-electron chi connectivity index (χ3n) is 4.30. The van der Waals surface area contributed by atoms with Gasteiger partial charge in [0.25, 0.3) is 0 Å². The van der Waals surface area contributed by atoms with E-state index < -0.39 is 0 Å². The van der Waals surface area contributed by atoms with E-state index in [1.54, 1.807) is 30.2 Å². The lowest BCUT2D eigenvalue weighted by atomic mass is 10.3. The van der Waals surface area contributed by atoms with Crippen molar-refractivity contribution in [1.29, 1.82) is 0 Å². The molecular formula is C21H24N6OS2. The highest BCUT2D eigenvalue weighted by Crippen LogP contribution is 2.27. The molecule has 0 bridgehead atoms. The van der Waals surface area contributed by atoms with Crippen molar-refractivity contribution < 1.29 is 4.74 Å². The van der Waals surface area contributed by atoms with Crippen molar-refractivity contribution in [2.45, 2.75) is 9.79 Å². The third-order valence-corrected chi connectivity index (χ3v) is 6.09. The summed E-state index contributed by atoms with van der Waals surface area (Å²) in [7, 11) is 1.90. The normalized spacial score (nSPS) is 14.4. The number of nitrogens with one attached hydrogen (secondary N) is 3. The van der Waals surface area contributed by atoms with Crippen molar-refractivity contribution in [2.24, 2.45) is 0 Å². The lowest BCUT2D eigenvalue weighted by molar-refractivity contribution is 0.0773. The predicted molar refractivity (Wildman–Crippen MR) is 125 cm³/mol. The number of rotatable bonds is 8. The number of aromatic nitrogens is 2. The smallest absolute Gasteiger partial charge is 0.135 e. The second kappa shape index (κ2) is 10.6. The maximum Gasteiger partial charge on any atom is 0.135 e. The number of benzene rings is 2. The average molecular weight is 441 g/mol. The standard InChI is InChI=1S/C21H24N6OS2/c1-22-29-18-6-2-4-16(12-18)25-20-14-21(24-15-23-20)26-17-5-3-7-19(13-17)30-27-8-10-28-11-9-27/h2-7,12-15,22H,8-11H2,1H3,(H2,23,24,25,26). The van der Waals surface area contributed by atoms with Crippen LogP contribution >= 0.6 is 23.9 Å². The van der Waals surface area contributed by atoms with E-state index in [1.165, 1.54) is 4.90 Å². The van der Waals surface area contributed by atoms with Gasteiger partial charge >= 0.3 is 0 Å². The summed E-state index contributed by atoms with van der Waals surface area (Å²) in [4.78, 5) is 11.0. The van der Waals surface area contributed by atoms with Crippen molar-refractivity contribution >= 4 is 46.9 Å². The number of ether oxygens (including phenoxy) is 1. The number of hydrogen-bond donors (Lipinski definition) is 3. The van der Waals surface area contributed by atoms with Crippen LogP contribution in [0.2, 0.25) is 0 Å². The summed E-state index contributed by atoms with van der Waals surface area (Å²) in [5, 5.41) is 6.72. The van der Waals surface area contributed by atoms with E-state index in [4.69, 9.17) is 4.74 Å². The lowest BCUT2D eigenvalue weighted by Crippen LogP contribution is -2.30. The molecule has 3 N–H and O–H groups in total. The van der Waals surface area contributed by atoms with E-state index in [0.29, 0.717) is 0 Å². The fourth-order valence-electron chi connectivity index (χ4n) is 2.96. The zero-order valence-electron chi connectivity index (χ0n) is 16.7. The maximum absolute atomic E-state index is 5.42. The second-order valence-corrected chi connectivity index (χ2v) is 8.79. The highest BCUT2D eigenvalue weighted by Gasteiger charge is 2.12. The van der Waals surface area contributed by atoms with Crippen LogP contribution in [-0.2, 0) is 4.74 Å². The van der Waals surface area contributed by atoms with Gasteiger partial charge in [-0.2, -0.15) is 0 Å². The quantitative estimate of drug-likeness (QED) is 0.438. The summed E-state index contributed by atoms with van der Waals surface area (Å²) in [5.74, 6) is 1.47. The van der Waals surface area contributed by atoms with Crippen molar-refractivity contribution in [2.75, 3.05) is 44.0 Å². The van der Waals surface area contributed by atoms with Gasteiger partial charge in [-0.05, 0) is 67.3 Å². The van der Waals surface area contributed by atoms with Gasteiger partial charge in [0.05, 0.1) is 13.2 Å². The minimum atomic E-state index is 0.734. The Balaban J connectivity index is 1.41. The molecular weight excluding hydrogens is 416 g/mol. The van der Waals surface area contributed by atoms with Crippen LogP contribution in [0.1, 0.15) is 0 Å². The molecule has 30 heavy (non-hydrogen) atoms. The monoisotopic (exact) mass is 440 g/mol. The first-order valence-electron chi connectivity index (χ1n) is 9.69. The van der Waals surface area contributed by atoms with Crippen LogP contribution in [0.3, 0.4) is 0 Å². The summed E-state index contributed by atoms with van der Waals surface area (Å²) >= 11 is 3.33. The Kier molecular flexibility index (Phi) is 7.44. The molecule has 7 nitrogen and oxygen atoms in total. The number of nitrogens with zero attached hydrogens (tertiary/aromatic N) is 3. The SMILES string of the molecule is CNSc1cccc(Nc2cc(Nc3cccc(SN4CCOCC4)c3)ncn2)c1. The van der Waals surface area contributed by atoms with Gasteiger partial charge in [-0.1, -0.05) is 12.1 Å². The lowest BCUT2D eigenvalue weighted by Gasteiger charge is -2.25. The van der Waals surface area contributed by atoms with Crippen LogP contribution in [0.15, 0.2) is 70.7 Å². The first kappa shape index (κ1) is 21.0. The van der Waals surface area contributed by atoms with Crippen molar-refractivity contribution in [3.8, 4) is 0 Å². The van der Waals surface area contributed by atoms with E-state index in [1.807, 2.05) is 31.3 Å². The molecule has 1 saturated heterocycles. The Bertz CT molecular complexity index is 967. The van der Waals surface area contributed by atoms with Crippen LogP contribution in [0, 0.1) is 0 Å². The van der Waals surface area contributed by atoms with Gasteiger partial charge in [0, 0.05) is 40.3 Å². The molecule has 2 heterocycles. The van der Waals surface area contributed by atoms with Gasteiger partial charge in [-0.15, -0.1) is 0 Å². The number of morpholine rings is 1. The van der Waals surface area contributed by atoms with Crippen LogP contribution in [-0.4, -0.2) is 47.6 Å². The highest BCUT2D eigenvalue weighted by molar-refractivity contribution is 7.97. The molecule has 2 aromatic carbocycles. The molecule has 1 aliphatic rings.